The summed E-state index contributed by atoms with van der Waals surface area (Å²) in [6, 6.07) is 2.39. The fourth-order valence-corrected chi connectivity index (χ4v) is 2.98. The van der Waals surface area contributed by atoms with Crippen LogP contribution in [0.1, 0.15) is 33.6 Å². The van der Waals surface area contributed by atoms with Crippen molar-refractivity contribution in [2.75, 3.05) is 26.2 Å². The molecule has 2 rings (SSSR count). The molecule has 0 aromatic rings. The third-order valence-electron chi connectivity index (χ3n) is 4.11. The maximum atomic E-state index is 12.1. The summed E-state index contributed by atoms with van der Waals surface area (Å²) < 4.78 is 5.38. The molecule has 0 aliphatic carbocycles. The van der Waals surface area contributed by atoms with Gasteiger partial charge in [-0.15, -0.1) is 0 Å². The van der Waals surface area contributed by atoms with Crippen molar-refractivity contribution in [3.8, 4) is 6.07 Å². The third kappa shape index (κ3) is 3.01. The van der Waals surface area contributed by atoms with Crippen LogP contribution in [0.5, 0.6) is 0 Å². The summed E-state index contributed by atoms with van der Waals surface area (Å²) in [7, 11) is 0. The number of likely N-dealkylation sites (tertiary alicyclic amines) is 1. The Morgan fingerprint density at radius 1 is 1.47 bits per heavy atom. The van der Waals surface area contributed by atoms with Gasteiger partial charge in [0.15, 0.2) is 0 Å². The number of amides is 1. The van der Waals surface area contributed by atoms with Crippen LogP contribution in [0.2, 0.25) is 0 Å². The Morgan fingerprint density at radius 3 is 2.74 bits per heavy atom. The van der Waals surface area contributed by atoms with Gasteiger partial charge in [0.25, 0.3) is 0 Å². The van der Waals surface area contributed by atoms with E-state index in [4.69, 9.17) is 4.74 Å². The van der Waals surface area contributed by atoms with Gasteiger partial charge in [0.1, 0.15) is 5.60 Å². The molecule has 19 heavy (non-hydrogen) atoms. The van der Waals surface area contributed by atoms with Gasteiger partial charge in [-0.3, -0.25) is 0 Å². The minimum atomic E-state index is -0.483. The molecule has 1 amide bonds. The van der Waals surface area contributed by atoms with E-state index in [0.29, 0.717) is 13.1 Å². The van der Waals surface area contributed by atoms with Crippen molar-refractivity contribution in [2.45, 2.75) is 39.2 Å². The van der Waals surface area contributed by atoms with Crippen molar-refractivity contribution in [1.82, 2.24) is 10.2 Å². The van der Waals surface area contributed by atoms with Crippen molar-refractivity contribution in [2.24, 2.45) is 11.3 Å². The van der Waals surface area contributed by atoms with Gasteiger partial charge in [-0.1, -0.05) is 0 Å². The first-order valence-electron chi connectivity index (χ1n) is 6.95. The van der Waals surface area contributed by atoms with Crippen LogP contribution in [0.15, 0.2) is 0 Å². The summed E-state index contributed by atoms with van der Waals surface area (Å²) in [6.07, 6.45) is 1.62. The van der Waals surface area contributed by atoms with Crippen LogP contribution >= 0.6 is 0 Å². The smallest absolute Gasteiger partial charge is 0.410 e. The van der Waals surface area contributed by atoms with Gasteiger partial charge in [0, 0.05) is 25.0 Å². The van der Waals surface area contributed by atoms with Crippen LogP contribution in [-0.4, -0.2) is 42.8 Å². The molecular formula is C14H23N3O2. The minimum absolute atomic E-state index is 0.0628. The largest absolute Gasteiger partial charge is 0.444 e. The molecule has 1 N–H and O–H groups in total. The lowest BCUT2D eigenvalue weighted by atomic mass is 9.70. The lowest BCUT2D eigenvalue weighted by Gasteiger charge is -2.42. The normalized spacial score (nSPS) is 31.3. The molecule has 2 fully saturated rings. The number of rotatable bonds is 0. The SMILES string of the molecule is CC(C)(C)OC(=O)N1CCC2(CCNC2)C(C#N)C1. The fraction of sp³-hybridized carbons (Fsp3) is 0.857. The number of hydrogen-bond acceptors (Lipinski definition) is 4. The van der Waals surface area contributed by atoms with E-state index < -0.39 is 5.60 Å². The van der Waals surface area contributed by atoms with E-state index in [1.54, 1.807) is 4.90 Å². The Morgan fingerprint density at radius 2 is 2.21 bits per heavy atom. The number of nitrogens with zero attached hydrogens (tertiary/aromatic N) is 2. The molecule has 0 radical (unpaired) electrons. The van der Waals surface area contributed by atoms with Gasteiger partial charge in [0.05, 0.1) is 12.0 Å². The van der Waals surface area contributed by atoms with E-state index in [9.17, 15) is 10.1 Å². The summed E-state index contributed by atoms with van der Waals surface area (Å²) in [4.78, 5) is 13.7. The summed E-state index contributed by atoms with van der Waals surface area (Å²) in [6.45, 7) is 8.64. The lowest BCUT2D eigenvalue weighted by molar-refractivity contribution is 0.00371. The molecule has 2 atom stereocenters. The first-order chi connectivity index (χ1) is 8.86. The Bertz CT molecular complexity index is 388. The molecule has 5 heteroatoms. The Hall–Kier alpha value is -1.28. The summed E-state index contributed by atoms with van der Waals surface area (Å²) >= 11 is 0. The molecule has 0 saturated carbocycles. The fourth-order valence-electron chi connectivity index (χ4n) is 2.98. The van der Waals surface area contributed by atoms with Crippen molar-refractivity contribution in [3.63, 3.8) is 0 Å². The van der Waals surface area contributed by atoms with Gasteiger partial charge >= 0.3 is 6.09 Å². The van der Waals surface area contributed by atoms with E-state index >= 15 is 0 Å². The van der Waals surface area contributed by atoms with Gasteiger partial charge in [-0.05, 0) is 40.2 Å². The number of nitrogens with one attached hydrogen (secondary N) is 1. The van der Waals surface area contributed by atoms with Gasteiger partial charge in [-0.25, -0.2) is 4.79 Å². The monoisotopic (exact) mass is 265 g/mol. The summed E-state index contributed by atoms with van der Waals surface area (Å²) in [5.74, 6) is -0.0937. The highest BCUT2D eigenvalue weighted by Gasteiger charge is 2.46. The third-order valence-corrected chi connectivity index (χ3v) is 4.11. The molecule has 2 unspecified atom stereocenters. The van der Waals surface area contributed by atoms with Crippen LogP contribution in [-0.2, 0) is 4.74 Å². The molecule has 106 valence electrons. The first-order valence-corrected chi connectivity index (χ1v) is 6.95. The van der Waals surface area contributed by atoms with E-state index in [-0.39, 0.29) is 17.4 Å². The van der Waals surface area contributed by atoms with E-state index in [1.165, 1.54) is 0 Å². The van der Waals surface area contributed by atoms with Crippen LogP contribution in [0.3, 0.4) is 0 Å². The van der Waals surface area contributed by atoms with Crippen LogP contribution in [0.4, 0.5) is 4.79 Å². The predicted octanol–water partition coefficient (Wildman–Crippen LogP) is 1.75. The van der Waals surface area contributed by atoms with Crippen LogP contribution in [0, 0.1) is 22.7 Å². The molecule has 0 aromatic carbocycles. The second kappa shape index (κ2) is 5.01. The molecule has 2 aliphatic rings. The summed E-state index contributed by atoms with van der Waals surface area (Å²) in [5.41, 5.74) is -0.420. The van der Waals surface area contributed by atoms with E-state index in [0.717, 1.165) is 25.9 Å². The number of carbonyl (C=O) groups is 1. The Balaban J connectivity index is 2.01. The predicted molar refractivity (Wildman–Crippen MR) is 71.4 cm³/mol. The van der Waals surface area contributed by atoms with Crippen LogP contribution in [0.25, 0.3) is 0 Å². The molecule has 0 bridgehead atoms. The van der Waals surface area contributed by atoms with Gasteiger partial charge in [0.2, 0.25) is 0 Å². The van der Waals surface area contributed by atoms with Crippen molar-refractivity contribution in [3.05, 3.63) is 0 Å². The summed E-state index contributed by atoms with van der Waals surface area (Å²) in [5, 5.41) is 12.7. The zero-order valence-corrected chi connectivity index (χ0v) is 12.0. The number of ether oxygens (including phenoxy) is 1. The number of piperidine rings is 1. The van der Waals surface area contributed by atoms with Crippen molar-refractivity contribution in [1.29, 1.82) is 5.26 Å². The zero-order chi connectivity index (χ0) is 14.1. The lowest BCUT2D eigenvalue weighted by Crippen LogP contribution is -2.51. The maximum absolute atomic E-state index is 12.1. The molecule has 5 nitrogen and oxygen atoms in total. The van der Waals surface area contributed by atoms with Gasteiger partial charge in [-0.2, -0.15) is 5.26 Å². The molecule has 1 spiro atoms. The molecule has 2 aliphatic heterocycles. The molecule has 0 aromatic heterocycles. The highest BCUT2D eigenvalue weighted by Crippen LogP contribution is 2.41. The minimum Gasteiger partial charge on any atom is -0.444 e. The number of nitriles is 1. The average Bonchev–Trinajstić information content (AvgIpc) is 2.76. The van der Waals surface area contributed by atoms with E-state index in [2.05, 4.69) is 11.4 Å². The quantitative estimate of drug-likeness (QED) is 0.724. The molecule has 2 heterocycles. The average molecular weight is 265 g/mol. The maximum Gasteiger partial charge on any atom is 0.410 e. The van der Waals surface area contributed by atoms with Gasteiger partial charge < -0.3 is 15.0 Å². The Labute approximate surface area is 114 Å². The number of carbonyl (C=O) groups excluding carboxylic acids is 1. The van der Waals surface area contributed by atoms with Crippen molar-refractivity contribution < 1.29 is 9.53 Å². The highest BCUT2D eigenvalue weighted by atomic mass is 16.6. The Kier molecular flexibility index (Phi) is 3.73. The number of hydrogen-bond donors (Lipinski definition) is 1. The van der Waals surface area contributed by atoms with E-state index in [1.807, 2.05) is 20.8 Å². The van der Waals surface area contributed by atoms with Crippen molar-refractivity contribution >= 4 is 6.09 Å². The standard InChI is InChI=1S/C14H23N3O2/c1-13(2,3)19-12(18)17-7-5-14(4-6-16-10-14)11(8-15)9-17/h11,16H,4-7,9-10H2,1-3H3. The van der Waals surface area contributed by atoms with Crippen LogP contribution < -0.4 is 5.32 Å². The second-order valence-electron chi connectivity index (χ2n) is 6.65. The first kappa shape index (κ1) is 14.1. The molecule has 2 saturated heterocycles. The topological polar surface area (TPSA) is 65.4 Å². The highest BCUT2D eigenvalue weighted by molar-refractivity contribution is 5.68. The molecular weight excluding hydrogens is 242 g/mol. The zero-order valence-electron chi connectivity index (χ0n) is 12.0. The second-order valence-corrected chi connectivity index (χ2v) is 6.65.